The van der Waals surface area contributed by atoms with Crippen molar-refractivity contribution in [2.75, 3.05) is 0 Å². The van der Waals surface area contributed by atoms with Crippen LogP contribution in [0, 0.1) is 24.2 Å². The van der Waals surface area contributed by atoms with Crippen molar-refractivity contribution in [2.24, 2.45) is 5.92 Å². The molecule has 0 radical (unpaired) electrons. The van der Waals surface area contributed by atoms with Gasteiger partial charge in [0, 0.05) is 6.20 Å². The van der Waals surface area contributed by atoms with Gasteiger partial charge in [0.2, 0.25) is 0 Å². The van der Waals surface area contributed by atoms with Gasteiger partial charge < -0.3 is 0 Å². The zero-order chi connectivity index (χ0) is 11.9. The lowest BCUT2D eigenvalue weighted by Crippen LogP contribution is -2.26. The highest BCUT2D eigenvalue weighted by atomic mass is 15.3. The molecule has 2 rings (SSSR count). The first kappa shape index (κ1) is 11.2. The minimum absolute atomic E-state index is 0.153. The summed E-state index contributed by atoms with van der Waals surface area (Å²) in [5.74, 6) is 0.243. The topological polar surface area (TPSA) is 41.6 Å². The Kier molecular flexibility index (Phi) is 2.53. The Balaban J connectivity index is 2.17. The molecule has 1 aliphatic carbocycles. The van der Waals surface area contributed by atoms with Gasteiger partial charge in [0.15, 0.2) is 0 Å². The lowest BCUT2D eigenvalue weighted by molar-refractivity contribution is 0.229. The molecule has 1 heterocycles. The molecule has 0 aliphatic heterocycles. The predicted octanol–water partition coefficient (Wildman–Crippen LogP) is 2.96. The van der Waals surface area contributed by atoms with Gasteiger partial charge in [-0.05, 0) is 30.7 Å². The van der Waals surface area contributed by atoms with E-state index in [-0.39, 0.29) is 11.3 Å². The van der Waals surface area contributed by atoms with Gasteiger partial charge >= 0.3 is 0 Å². The fourth-order valence-electron chi connectivity index (χ4n) is 2.31. The summed E-state index contributed by atoms with van der Waals surface area (Å²) in [5, 5.41) is 13.3. The standard InChI is InChI=1S/C13H19N3/c1-9-12(13(2,3)4)8-16(15-9)11-5-10(6-11)7-14/h8,10-11H,5-6H2,1-4H3. The SMILES string of the molecule is Cc1nn(C2CC(C#N)C2)cc1C(C)(C)C. The summed E-state index contributed by atoms with van der Waals surface area (Å²) in [4.78, 5) is 0. The van der Waals surface area contributed by atoms with E-state index < -0.39 is 0 Å². The van der Waals surface area contributed by atoms with Gasteiger partial charge in [-0.1, -0.05) is 20.8 Å². The van der Waals surface area contributed by atoms with Gasteiger partial charge in [0.1, 0.15) is 0 Å². The van der Waals surface area contributed by atoms with Gasteiger partial charge in [-0.2, -0.15) is 10.4 Å². The maximum absolute atomic E-state index is 8.76. The summed E-state index contributed by atoms with van der Waals surface area (Å²) in [6, 6.07) is 2.76. The zero-order valence-electron chi connectivity index (χ0n) is 10.5. The van der Waals surface area contributed by atoms with Crippen LogP contribution in [0.25, 0.3) is 0 Å². The van der Waals surface area contributed by atoms with Crippen LogP contribution in [0.4, 0.5) is 0 Å². The van der Waals surface area contributed by atoms with E-state index in [1.807, 2.05) is 0 Å². The molecule has 0 atom stereocenters. The Labute approximate surface area is 97.1 Å². The van der Waals surface area contributed by atoms with Crippen LogP contribution >= 0.6 is 0 Å². The van der Waals surface area contributed by atoms with Crippen molar-refractivity contribution in [3.05, 3.63) is 17.5 Å². The summed E-state index contributed by atoms with van der Waals surface area (Å²) in [6.45, 7) is 8.69. The van der Waals surface area contributed by atoms with E-state index in [4.69, 9.17) is 5.26 Å². The van der Waals surface area contributed by atoms with Crippen LogP contribution in [0.1, 0.15) is 50.9 Å². The van der Waals surface area contributed by atoms with Crippen molar-refractivity contribution in [1.29, 1.82) is 5.26 Å². The summed E-state index contributed by atoms with van der Waals surface area (Å²) in [7, 11) is 0. The van der Waals surface area contributed by atoms with E-state index >= 15 is 0 Å². The van der Waals surface area contributed by atoms with Crippen molar-refractivity contribution in [2.45, 2.75) is 52.0 Å². The predicted molar refractivity (Wildman–Crippen MR) is 63.0 cm³/mol. The number of rotatable bonds is 1. The molecule has 1 aromatic rings. The molecule has 0 unspecified atom stereocenters. The molecule has 0 N–H and O–H groups in total. The maximum atomic E-state index is 8.76. The average Bonchev–Trinajstić information content (AvgIpc) is 2.44. The van der Waals surface area contributed by atoms with Crippen LogP contribution in [0.3, 0.4) is 0 Å². The quantitative estimate of drug-likeness (QED) is 0.725. The van der Waals surface area contributed by atoms with Crippen LogP contribution in [0.5, 0.6) is 0 Å². The Morgan fingerprint density at radius 2 is 2.06 bits per heavy atom. The molecule has 0 saturated heterocycles. The van der Waals surface area contributed by atoms with Crippen LogP contribution in [-0.4, -0.2) is 9.78 Å². The van der Waals surface area contributed by atoms with E-state index in [9.17, 15) is 0 Å². The van der Waals surface area contributed by atoms with Crippen molar-refractivity contribution in [1.82, 2.24) is 9.78 Å². The lowest BCUT2D eigenvalue weighted by atomic mass is 9.81. The maximum Gasteiger partial charge on any atom is 0.0657 e. The second-order valence-electron chi connectivity index (χ2n) is 5.81. The first-order valence-corrected chi connectivity index (χ1v) is 5.87. The Bertz CT molecular complexity index is 425. The number of aryl methyl sites for hydroxylation is 1. The summed E-state index contributed by atoms with van der Waals surface area (Å²) < 4.78 is 2.06. The van der Waals surface area contributed by atoms with Crippen molar-refractivity contribution >= 4 is 0 Å². The number of nitriles is 1. The first-order chi connectivity index (χ1) is 7.41. The van der Waals surface area contributed by atoms with Crippen LogP contribution in [-0.2, 0) is 5.41 Å². The lowest BCUT2D eigenvalue weighted by Gasteiger charge is -2.30. The van der Waals surface area contributed by atoms with Gasteiger partial charge in [-0.25, -0.2) is 0 Å². The van der Waals surface area contributed by atoms with E-state index in [1.165, 1.54) is 5.56 Å². The van der Waals surface area contributed by atoms with Gasteiger partial charge in [-0.3, -0.25) is 4.68 Å². The third kappa shape index (κ3) is 1.84. The summed E-state index contributed by atoms with van der Waals surface area (Å²) >= 11 is 0. The van der Waals surface area contributed by atoms with Crippen molar-refractivity contribution < 1.29 is 0 Å². The van der Waals surface area contributed by atoms with Crippen LogP contribution in [0.15, 0.2) is 6.20 Å². The highest BCUT2D eigenvalue weighted by molar-refractivity contribution is 5.24. The number of hydrogen-bond donors (Lipinski definition) is 0. The molecule has 0 spiro atoms. The number of nitrogens with zero attached hydrogens (tertiary/aromatic N) is 3. The van der Waals surface area contributed by atoms with E-state index in [2.05, 4.69) is 49.7 Å². The molecule has 1 aliphatic rings. The van der Waals surface area contributed by atoms with Crippen LogP contribution in [0.2, 0.25) is 0 Å². The van der Waals surface area contributed by atoms with Crippen molar-refractivity contribution in [3.8, 4) is 6.07 Å². The fourth-order valence-corrected chi connectivity index (χ4v) is 2.31. The Morgan fingerprint density at radius 1 is 1.44 bits per heavy atom. The molecule has 3 nitrogen and oxygen atoms in total. The monoisotopic (exact) mass is 217 g/mol. The molecular weight excluding hydrogens is 198 g/mol. The second kappa shape index (κ2) is 3.62. The molecule has 0 amide bonds. The Morgan fingerprint density at radius 3 is 2.50 bits per heavy atom. The van der Waals surface area contributed by atoms with Crippen LogP contribution < -0.4 is 0 Å². The minimum Gasteiger partial charge on any atom is -0.269 e. The van der Waals surface area contributed by atoms with E-state index in [0.717, 1.165) is 18.5 Å². The molecule has 1 aromatic heterocycles. The Hall–Kier alpha value is -1.30. The average molecular weight is 217 g/mol. The highest BCUT2D eigenvalue weighted by Gasteiger charge is 2.32. The fraction of sp³-hybridized carbons (Fsp3) is 0.692. The third-order valence-corrected chi connectivity index (χ3v) is 3.39. The number of aromatic nitrogens is 2. The molecule has 0 bridgehead atoms. The normalized spacial score (nSPS) is 24.9. The highest BCUT2D eigenvalue weighted by Crippen LogP contribution is 2.38. The molecule has 16 heavy (non-hydrogen) atoms. The van der Waals surface area contributed by atoms with Crippen molar-refractivity contribution in [3.63, 3.8) is 0 Å². The minimum atomic E-state index is 0.153. The van der Waals surface area contributed by atoms with E-state index in [0.29, 0.717) is 6.04 Å². The molecule has 0 aromatic carbocycles. The van der Waals surface area contributed by atoms with Gasteiger partial charge in [-0.15, -0.1) is 0 Å². The smallest absolute Gasteiger partial charge is 0.0657 e. The third-order valence-electron chi connectivity index (χ3n) is 3.39. The molecule has 86 valence electrons. The van der Waals surface area contributed by atoms with Gasteiger partial charge in [0.25, 0.3) is 0 Å². The zero-order valence-corrected chi connectivity index (χ0v) is 10.5. The second-order valence-corrected chi connectivity index (χ2v) is 5.81. The molecule has 1 saturated carbocycles. The van der Waals surface area contributed by atoms with Gasteiger partial charge in [0.05, 0.1) is 23.7 Å². The number of hydrogen-bond acceptors (Lipinski definition) is 2. The van der Waals surface area contributed by atoms with E-state index in [1.54, 1.807) is 0 Å². The summed E-state index contributed by atoms with van der Waals surface area (Å²) in [6.07, 6.45) is 4.08. The largest absolute Gasteiger partial charge is 0.269 e. The molecule has 3 heteroatoms. The molecule has 1 fully saturated rings. The molecular formula is C13H19N3. The first-order valence-electron chi connectivity index (χ1n) is 5.87. The summed E-state index contributed by atoms with van der Waals surface area (Å²) in [5.41, 5.74) is 2.58.